The van der Waals surface area contributed by atoms with Crippen molar-refractivity contribution in [2.75, 3.05) is 38.4 Å². The Balaban J connectivity index is 1.59. The quantitative estimate of drug-likeness (QED) is 0.902. The number of nitrogens with zero attached hydrogens (tertiary/aromatic N) is 1. The summed E-state index contributed by atoms with van der Waals surface area (Å²) in [6, 6.07) is 6.27. The number of fused-ring (bicyclic) bond motifs is 1. The van der Waals surface area contributed by atoms with Crippen molar-refractivity contribution >= 4 is 5.69 Å². The molecule has 0 aromatic heterocycles. The van der Waals surface area contributed by atoms with Crippen molar-refractivity contribution < 1.29 is 9.47 Å². The number of ether oxygens (including phenoxy) is 2. The van der Waals surface area contributed by atoms with Crippen molar-refractivity contribution in [1.29, 1.82) is 0 Å². The third kappa shape index (κ3) is 2.78. The van der Waals surface area contributed by atoms with E-state index < -0.39 is 0 Å². The van der Waals surface area contributed by atoms with Gasteiger partial charge in [0.05, 0.1) is 0 Å². The van der Waals surface area contributed by atoms with Gasteiger partial charge in [0, 0.05) is 24.8 Å². The van der Waals surface area contributed by atoms with Gasteiger partial charge in [-0.25, -0.2) is 0 Å². The molecule has 0 radical (unpaired) electrons. The largest absolute Gasteiger partial charge is 0.454 e. The molecule has 0 aliphatic carbocycles. The highest BCUT2D eigenvalue weighted by Gasteiger charge is 2.21. The molecule has 0 saturated carbocycles. The van der Waals surface area contributed by atoms with Crippen LogP contribution in [0.3, 0.4) is 0 Å². The van der Waals surface area contributed by atoms with Crippen LogP contribution in [-0.4, -0.2) is 33.5 Å². The molecule has 1 saturated heterocycles. The molecule has 3 rings (SSSR count). The molecule has 0 spiro atoms. The van der Waals surface area contributed by atoms with Crippen LogP contribution in [0, 0.1) is 5.92 Å². The van der Waals surface area contributed by atoms with E-state index in [4.69, 9.17) is 9.47 Å². The van der Waals surface area contributed by atoms with Gasteiger partial charge in [-0.3, -0.25) is 0 Å². The molecule has 1 aromatic rings. The topological polar surface area (TPSA) is 33.7 Å². The van der Waals surface area contributed by atoms with E-state index in [1.54, 1.807) is 0 Å². The molecule has 1 aromatic carbocycles. The number of benzene rings is 1. The van der Waals surface area contributed by atoms with E-state index in [0.29, 0.717) is 6.79 Å². The van der Waals surface area contributed by atoms with Gasteiger partial charge in [0.1, 0.15) is 0 Å². The molecule has 1 N–H and O–H groups in total. The molecule has 2 aliphatic rings. The fraction of sp³-hybridized carbons (Fsp3) is 0.600. The predicted octanol–water partition coefficient (Wildman–Crippen LogP) is 2.24. The summed E-state index contributed by atoms with van der Waals surface area (Å²) in [6.45, 7) is 3.78. The van der Waals surface area contributed by atoms with Crippen LogP contribution in [0.2, 0.25) is 0 Å². The Hall–Kier alpha value is -1.42. The van der Waals surface area contributed by atoms with Gasteiger partial charge >= 0.3 is 0 Å². The van der Waals surface area contributed by atoms with Crippen LogP contribution in [0.15, 0.2) is 18.2 Å². The maximum absolute atomic E-state index is 5.45. The number of hydrogen-bond donors (Lipinski definition) is 1. The SMILES string of the molecule is CNCCC1CCN(c2ccc3c(c2)OCO3)CC1. The highest BCUT2D eigenvalue weighted by Crippen LogP contribution is 2.36. The minimum Gasteiger partial charge on any atom is -0.454 e. The zero-order valence-electron chi connectivity index (χ0n) is 11.5. The summed E-state index contributed by atoms with van der Waals surface area (Å²) < 4.78 is 10.8. The molecule has 19 heavy (non-hydrogen) atoms. The normalized spacial score (nSPS) is 18.9. The maximum atomic E-state index is 5.45. The first-order valence-electron chi connectivity index (χ1n) is 7.16. The van der Waals surface area contributed by atoms with Crippen molar-refractivity contribution in [3.8, 4) is 11.5 Å². The van der Waals surface area contributed by atoms with E-state index in [9.17, 15) is 0 Å². The second kappa shape index (κ2) is 5.70. The smallest absolute Gasteiger partial charge is 0.231 e. The zero-order valence-corrected chi connectivity index (χ0v) is 11.5. The van der Waals surface area contributed by atoms with Crippen molar-refractivity contribution in [2.24, 2.45) is 5.92 Å². The van der Waals surface area contributed by atoms with Crippen LogP contribution in [0.25, 0.3) is 0 Å². The van der Waals surface area contributed by atoms with Crippen LogP contribution in [-0.2, 0) is 0 Å². The average Bonchev–Trinajstić information content (AvgIpc) is 2.93. The molecular weight excluding hydrogens is 240 g/mol. The van der Waals surface area contributed by atoms with Crippen molar-refractivity contribution in [1.82, 2.24) is 5.32 Å². The van der Waals surface area contributed by atoms with Gasteiger partial charge in [0.25, 0.3) is 0 Å². The minimum atomic E-state index is 0.352. The van der Waals surface area contributed by atoms with Gasteiger partial charge in [-0.1, -0.05) is 0 Å². The number of anilines is 1. The van der Waals surface area contributed by atoms with Gasteiger partial charge in [-0.15, -0.1) is 0 Å². The van der Waals surface area contributed by atoms with Gasteiger partial charge in [-0.05, 0) is 50.9 Å². The second-order valence-corrected chi connectivity index (χ2v) is 5.36. The molecule has 2 aliphatic heterocycles. The van der Waals surface area contributed by atoms with E-state index in [1.165, 1.54) is 24.9 Å². The third-order valence-electron chi connectivity index (χ3n) is 4.14. The molecule has 4 nitrogen and oxygen atoms in total. The standard InChI is InChI=1S/C15H22N2O2/c1-16-7-4-12-5-8-17(9-6-12)13-2-3-14-15(10-13)19-11-18-14/h2-3,10,12,16H,4-9,11H2,1H3. The van der Waals surface area contributed by atoms with Crippen LogP contribution in [0.5, 0.6) is 11.5 Å². The summed E-state index contributed by atoms with van der Waals surface area (Å²) in [5.41, 5.74) is 1.26. The van der Waals surface area contributed by atoms with E-state index in [2.05, 4.69) is 22.3 Å². The fourth-order valence-corrected chi connectivity index (χ4v) is 2.91. The van der Waals surface area contributed by atoms with E-state index in [-0.39, 0.29) is 0 Å². The summed E-state index contributed by atoms with van der Waals surface area (Å²) >= 11 is 0. The average molecular weight is 262 g/mol. The van der Waals surface area contributed by atoms with Crippen LogP contribution in [0.1, 0.15) is 19.3 Å². The van der Waals surface area contributed by atoms with Crippen molar-refractivity contribution in [2.45, 2.75) is 19.3 Å². The Kier molecular flexibility index (Phi) is 3.78. The first-order chi connectivity index (χ1) is 9.36. The Morgan fingerprint density at radius 2 is 2.00 bits per heavy atom. The van der Waals surface area contributed by atoms with Gasteiger partial charge in [-0.2, -0.15) is 0 Å². The highest BCUT2D eigenvalue weighted by molar-refractivity contribution is 5.57. The highest BCUT2D eigenvalue weighted by atomic mass is 16.7. The Labute approximate surface area is 114 Å². The van der Waals surface area contributed by atoms with Crippen LogP contribution < -0.4 is 19.7 Å². The lowest BCUT2D eigenvalue weighted by Crippen LogP contribution is -2.34. The first kappa shape index (κ1) is 12.6. The van der Waals surface area contributed by atoms with Crippen molar-refractivity contribution in [3.63, 3.8) is 0 Å². The molecule has 0 atom stereocenters. The predicted molar refractivity (Wildman–Crippen MR) is 76.0 cm³/mol. The fourth-order valence-electron chi connectivity index (χ4n) is 2.91. The molecule has 104 valence electrons. The number of nitrogens with one attached hydrogen (secondary N) is 1. The van der Waals surface area contributed by atoms with E-state index in [0.717, 1.165) is 37.1 Å². The first-order valence-corrected chi connectivity index (χ1v) is 7.16. The molecule has 2 heterocycles. The summed E-state index contributed by atoms with van der Waals surface area (Å²) in [7, 11) is 2.03. The van der Waals surface area contributed by atoms with Gasteiger partial charge < -0.3 is 19.7 Å². The lowest BCUT2D eigenvalue weighted by Gasteiger charge is -2.33. The molecule has 1 fully saturated rings. The summed E-state index contributed by atoms with van der Waals surface area (Å²) in [5, 5.41) is 3.24. The molecule has 0 amide bonds. The Morgan fingerprint density at radius 1 is 1.21 bits per heavy atom. The van der Waals surface area contributed by atoms with Crippen molar-refractivity contribution in [3.05, 3.63) is 18.2 Å². The van der Waals surface area contributed by atoms with Gasteiger partial charge in [0.2, 0.25) is 6.79 Å². The lowest BCUT2D eigenvalue weighted by atomic mass is 9.93. The number of rotatable bonds is 4. The monoisotopic (exact) mass is 262 g/mol. The maximum Gasteiger partial charge on any atom is 0.231 e. The Morgan fingerprint density at radius 3 is 2.79 bits per heavy atom. The summed E-state index contributed by atoms with van der Waals surface area (Å²) in [6.07, 6.45) is 3.87. The molecule has 4 heteroatoms. The summed E-state index contributed by atoms with van der Waals surface area (Å²) in [4.78, 5) is 2.46. The lowest BCUT2D eigenvalue weighted by molar-refractivity contribution is 0.174. The Bertz CT molecular complexity index is 428. The number of piperidine rings is 1. The zero-order chi connectivity index (χ0) is 13.1. The molecule has 0 unspecified atom stereocenters. The minimum absolute atomic E-state index is 0.352. The number of hydrogen-bond acceptors (Lipinski definition) is 4. The van der Waals surface area contributed by atoms with Crippen LogP contribution in [0.4, 0.5) is 5.69 Å². The second-order valence-electron chi connectivity index (χ2n) is 5.36. The van der Waals surface area contributed by atoms with Gasteiger partial charge in [0.15, 0.2) is 11.5 Å². The van der Waals surface area contributed by atoms with Crippen LogP contribution >= 0.6 is 0 Å². The van der Waals surface area contributed by atoms with E-state index in [1.807, 2.05) is 13.1 Å². The molecular formula is C15H22N2O2. The third-order valence-corrected chi connectivity index (χ3v) is 4.14. The molecule has 0 bridgehead atoms. The summed E-state index contributed by atoms with van der Waals surface area (Å²) in [5.74, 6) is 2.63. The van der Waals surface area contributed by atoms with E-state index >= 15 is 0 Å².